The van der Waals surface area contributed by atoms with Crippen LogP contribution in [0.5, 0.6) is 0 Å². The first-order valence-corrected chi connectivity index (χ1v) is 4.95. The molecule has 0 saturated carbocycles. The Morgan fingerprint density at radius 3 is 1.06 bits per heavy atom. The van der Waals surface area contributed by atoms with Crippen LogP contribution in [0.3, 0.4) is 0 Å². The standard InChI is InChI=1S/C6H10O2.C5H8O3.CH4/c1-5(7)3-4-6(2)8;1-4(6)2-3-5(7)8;/h3-4H2,1-2H3;2-3H2,1H3,(H,7,8);1H4. The van der Waals surface area contributed by atoms with Crippen LogP contribution in [-0.4, -0.2) is 28.4 Å². The van der Waals surface area contributed by atoms with E-state index in [9.17, 15) is 19.2 Å². The second kappa shape index (κ2) is 12.5. The second-order valence-corrected chi connectivity index (χ2v) is 3.50. The number of Topliss-reactive ketones (excluding diaryl/α,β-unsaturated/α-hetero) is 3. The first kappa shape index (κ1) is 20.8. The minimum Gasteiger partial charge on any atom is -0.481 e. The predicted octanol–water partition coefficient (Wildman–Crippen LogP) is 2.02. The summed E-state index contributed by atoms with van der Waals surface area (Å²) in [4.78, 5) is 40.2. The van der Waals surface area contributed by atoms with Gasteiger partial charge in [0.05, 0.1) is 6.42 Å². The smallest absolute Gasteiger partial charge is 0.303 e. The van der Waals surface area contributed by atoms with Crippen LogP contribution in [0.4, 0.5) is 0 Å². The normalized spacial score (nSPS) is 8.18. The number of carbonyl (C=O) groups excluding carboxylic acids is 3. The van der Waals surface area contributed by atoms with Gasteiger partial charge in [-0.1, -0.05) is 7.43 Å². The monoisotopic (exact) mass is 246 g/mol. The van der Waals surface area contributed by atoms with E-state index in [1.807, 2.05) is 0 Å². The van der Waals surface area contributed by atoms with E-state index in [0.29, 0.717) is 12.8 Å². The van der Waals surface area contributed by atoms with Crippen molar-refractivity contribution in [1.82, 2.24) is 0 Å². The first-order valence-electron chi connectivity index (χ1n) is 4.95. The van der Waals surface area contributed by atoms with Crippen molar-refractivity contribution < 1.29 is 24.3 Å². The van der Waals surface area contributed by atoms with E-state index in [-0.39, 0.29) is 37.6 Å². The minimum atomic E-state index is -0.916. The average Bonchev–Trinajstić information content (AvgIpc) is 2.12. The lowest BCUT2D eigenvalue weighted by Crippen LogP contribution is -1.98. The zero-order valence-electron chi connectivity index (χ0n) is 9.91. The van der Waals surface area contributed by atoms with E-state index < -0.39 is 5.97 Å². The topological polar surface area (TPSA) is 88.5 Å². The number of carboxylic acids is 1. The van der Waals surface area contributed by atoms with Gasteiger partial charge in [-0.3, -0.25) is 4.79 Å². The zero-order chi connectivity index (χ0) is 13.1. The van der Waals surface area contributed by atoms with E-state index >= 15 is 0 Å². The third kappa shape index (κ3) is 31.4. The highest BCUT2D eigenvalue weighted by molar-refractivity contribution is 5.83. The maximum absolute atomic E-state index is 10.2. The summed E-state index contributed by atoms with van der Waals surface area (Å²) in [6, 6.07) is 0. The summed E-state index contributed by atoms with van der Waals surface area (Å²) >= 11 is 0. The Labute approximate surface area is 102 Å². The van der Waals surface area contributed by atoms with Gasteiger partial charge in [0, 0.05) is 19.3 Å². The lowest BCUT2D eigenvalue weighted by Gasteiger charge is -1.86. The van der Waals surface area contributed by atoms with Crippen LogP contribution in [-0.2, 0) is 19.2 Å². The number of hydrogen-bond acceptors (Lipinski definition) is 4. The Morgan fingerprint density at radius 1 is 0.706 bits per heavy atom. The van der Waals surface area contributed by atoms with Crippen molar-refractivity contribution in [3.63, 3.8) is 0 Å². The molecule has 0 aliphatic rings. The maximum Gasteiger partial charge on any atom is 0.303 e. The van der Waals surface area contributed by atoms with E-state index in [4.69, 9.17) is 5.11 Å². The van der Waals surface area contributed by atoms with Crippen molar-refractivity contribution in [2.45, 2.75) is 53.9 Å². The molecule has 5 heteroatoms. The van der Waals surface area contributed by atoms with Crippen molar-refractivity contribution in [3.8, 4) is 0 Å². The average molecular weight is 246 g/mol. The molecule has 0 rings (SSSR count). The highest BCUT2D eigenvalue weighted by atomic mass is 16.4. The molecule has 0 aliphatic carbocycles. The van der Waals surface area contributed by atoms with Gasteiger partial charge in [0.2, 0.25) is 0 Å². The van der Waals surface area contributed by atoms with Gasteiger partial charge < -0.3 is 19.5 Å². The van der Waals surface area contributed by atoms with Gasteiger partial charge in [-0.2, -0.15) is 0 Å². The lowest BCUT2D eigenvalue weighted by molar-refractivity contribution is -0.138. The Bertz CT molecular complexity index is 212. The Morgan fingerprint density at radius 2 is 0.941 bits per heavy atom. The first-order chi connectivity index (χ1) is 7.25. The zero-order valence-corrected chi connectivity index (χ0v) is 9.91. The SMILES string of the molecule is C.CC(=O)CCC(=O)O.CC(=O)CCC(C)=O. The van der Waals surface area contributed by atoms with Crippen molar-refractivity contribution >= 4 is 23.3 Å². The van der Waals surface area contributed by atoms with Gasteiger partial charge in [-0.25, -0.2) is 0 Å². The number of rotatable bonds is 6. The van der Waals surface area contributed by atoms with Crippen molar-refractivity contribution in [2.24, 2.45) is 0 Å². The summed E-state index contributed by atoms with van der Waals surface area (Å²) in [6.45, 7) is 4.36. The summed E-state index contributed by atoms with van der Waals surface area (Å²) in [5, 5.41) is 8.01. The Balaban J connectivity index is -0.000000218. The van der Waals surface area contributed by atoms with Crippen LogP contribution in [0.2, 0.25) is 0 Å². The summed E-state index contributed by atoms with van der Waals surface area (Å²) in [5.41, 5.74) is 0. The molecule has 0 bridgehead atoms. The van der Waals surface area contributed by atoms with Gasteiger partial charge in [-0.15, -0.1) is 0 Å². The molecule has 0 unspecified atom stereocenters. The molecule has 5 nitrogen and oxygen atoms in total. The van der Waals surface area contributed by atoms with Crippen LogP contribution in [0.25, 0.3) is 0 Å². The van der Waals surface area contributed by atoms with Gasteiger partial charge in [0.15, 0.2) is 0 Å². The second-order valence-electron chi connectivity index (χ2n) is 3.50. The van der Waals surface area contributed by atoms with Crippen molar-refractivity contribution in [1.29, 1.82) is 0 Å². The molecule has 0 saturated heterocycles. The van der Waals surface area contributed by atoms with E-state index in [1.165, 1.54) is 20.8 Å². The molecule has 0 radical (unpaired) electrons. The van der Waals surface area contributed by atoms with Crippen LogP contribution < -0.4 is 0 Å². The largest absolute Gasteiger partial charge is 0.481 e. The molecule has 0 aliphatic heterocycles. The van der Waals surface area contributed by atoms with Crippen molar-refractivity contribution in [2.75, 3.05) is 0 Å². The quantitative estimate of drug-likeness (QED) is 0.774. The minimum absolute atomic E-state index is 0. The molecule has 0 fully saturated rings. The molecule has 0 aromatic heterocycles. The van der Waals surface area contributed by atoms with Crippen LogP contribution in [0.1, 0.15) is 53.9 Å². The highest BCUT2D eigenvalue weighted by Crippen LogP contribution is 1.89. The number of carbonyl (C=O) groups is 4. The third-order valence-electron chi connectivity index (χ3n) is 1.52. The summed E-state index contributed by atoms with van der Waals surface area (Å²) in [6.07, 6.45) is 0.898. The van der Waals surface area contributed by atoms with Crippen LogP contribution >= 0.6 is 0 Å². The fourth-order valence-electron chi connectivity index (χ4n) is 0.635. The summed E-state index contributed by atoms with van der Waals surface area (Å²) < 4.78 is 0. The molecular formula is C12H22O5. The third-order valence-corrected chi connectivity index (χ3v) is 1.52. The summed E-state index contributed by atoms with van der Waals surface area (Å²) in [5.74, 6) is -0.826. The molecular weight excluding hydrogens is 224 g/mol. The predicted molar refractivity (Wildman–Crippen MR) is 64.9 cm³/mol. The van der Waals surface area contributed by atoms with Crippen LogP contribution in [0.15, 0.2) is 0 Å². The van der Waals surface area contributed by atoms with Crippen LogP contribution in [0, 0.1) is 0 Å². The number of carboxylic acid groups (broad SMARTS) is 1. The molecule has 17 heavy (non-hydrogen) atoms. The number of hydrogen-bond donors (Lipinski definition) is 1. The molecule has 0 aromatic rings. The van der Waals surface area contributed by atoms with E-state index in [0.717, 1.165) is 0 Å². The lowest BCUT2D eigenvalue weighted by atomic mass is 10.2. The molecule has 1 N–H and O–H groups in total. The van der Waals surface area contributed by atoms with E-state index in [2.05, 4.69) is 0 Å². The molecule has 0 spiro atoms. The molecule has 0 aromatic carbocycles. The molecule has 0 heterocycles. The van der Waals surface area contributed by atoms with Gasteiger partial charge in [-0.05, 0) is 20.8 Å². The van der Waals surface area contributed by atoms with Gasteiger partial charge >= 0.3 is 5.97 Å². The fraction of sp³-hybridized carbons (Fsp3) is 0.667. The van der Waals surface area contributed by atoms with Gasteiger partial charge in [0.1, 0.15) is 17.3 Å². The maximum atomic E-state index is 10.2. The van der Waals surface area contributed by atoms with Gasteiger partial charge in [0.25, 0.3) is 0 Å². The Kier molecular flexibility index (Phi) is 15.4. The highest BCUT2D eigenvalue weighted by Gasteiger charge is 1.97. The number of ketones is 3. The number of aliphatic carboxylic acids is 1. The fourth-order valence-corrected chi connectivity index (χ4v) is 0.635. The van der Waals surface area contributed by atoms with Crippen molar-refractivity contribution in [3.05, 3.63) is 0 Å². The molecule has 0 atom stereocenters. The molecule has 0 amide bonds. The molecule has 100 valence electrons. The summed E-state index contributed by atoms with van der Waals surface area (Å²) in [7, 11) is 0. The van der Waals surface area contributed by atoms with E-state index in [1.54, 1.807) is 0 Å². The Hall–Kier alpha value is -1.52.